The first-order valence-electron chi connectivity index (χ1n) is 8.60. The van der Waals surface area contributed by atoms with Crippen LogP contribution in [0, 0.1) is 5.41 Å². The fraction of sp³-hybridized carbons (Fsp3) is 0.421. The fourth-order valence-electron chi connectivity index (χ4n) is 3.34. The Labute approximate surface area is 161 Å². The van der Waals surface area contributed by atoms with Crippen LogP contribution < -0.4 is 4.74 Å². The number of aromatic nitrogens is 1. The van der Waals surface area contributed by atoms with Crippen LogP contribution in [0.25, 0.3) is 10.6 Å². The topological polar surface area (TPSA) is 89.0 Å². The largest absolute Gasteiger partial charge is 0.497 e. The first-order chi connectivity index (χ1) is 13.0. The predicted molar refractivity (Wildman–Crippen MR) is 101 cm³/mol. The maximum atomic E-state index is 12.9. The second-order valence-corrected chi connectivity index (χ2v) is 7.47. The minimum absolute atomic E-state index is 0.0836. The number of hydrogen-bond acceptors (Lipinski definition) is 6. The van der Waals surface area contributed by atoms with Crippen LogP contribution in [0.4, 0.5) is 0 Å². The summed E-state index contributed by atoms with van der Waals surface area (Å²) in [5.74, 6) is -0.422. The molecule has 1 aromatic heterocycles. The molecule has 144 valence electrons. The van der Waals surface area contributed by atoms with Crippen LogP contribution in [0.1, 0.15) is 23.3 Å². The van der Waals surface area contributed by atoms with Gasteiger partial charge in [0.2, 0.25) is 0 Å². The molecule has 8 heteroatoms. The van der Waals surface area contributed by atoms with Gasteiger partial charge in [0.05, 0.1) is 13.7 Å². The number of thiazole rings is 1. The Balaban J connectivity index is 1.77. The molecule has 7 nitrogen and oxygen atoms in total. The molecule has 1 unspecified atom stereocenters. The van der Waals surface area contributed by atoms with Crippen molar-refractivity contribution in [1.29, 1.82) is 0 Å². The van der Waals surface area contributed by atoms with Crippen molar-refractivity contribution in [3.8, 4) is 16.3 Å². The van der Waals surface area contributed by atoms with E-state index in [1.165, 1.54) is 18.4 Å². The molecule has 1 atom stereocenters. The zero-order valence-corrected chi connectivity index (χ0v) is 16.1. The monoisotopic (exact) mass is 390 g/mol. The maximum absolute atomic E-state index is 12.9. The number of likely N-dealkylation sites (tertiary alicyclic amines) is 1. The number of benzene rings is 1. The van der Waals surface area contributed by atoms with Gasteiger partial charge in [0.25, 0.3) is 5.91 Å². The van der Waals surface area contributed by atoms with Gasteiger partial charge in [-0.25, -0.2) is 4.98 Å². The second-order valence-electron chi connectivity index (χ2n) is 6.62. The SMILES string of the molecule is COCC1(C(=O)O)CCCN(C(=O)c2csc(-c3ccc(OC)cc3)n2)C1. The first-order valence-corrected chi connectivity index (χ1v) is 9.48. The van der Waals surface area contributed by atoms with Crippen molar-refractivity contribution in [2.75, 3.05) is 33.9 Å². The molecule has 1 amide bonds. The van der Waals surface area contributed by atoms with Crippen molar-refractivity contribution in [3.63, 3.8) is 0 Å². The van der Waals surface area contributed by atoms with Crippen molar-refractivity contribution in [2.24, 2.45) is 5.41 Å². The van der Waals surface area contributed by atoms with E-state index in [0.29, 0.717) is 25.1 Å². The molecule has 0 spiro atoms. The van der Waals surface area contributed by atoms with Crippen molar-refractivity contribution < 1.29 is 24.2 Å². The van der Waals surface area contributed by atoms with E-state index in [4.69, 9.17) is 9.47 Å². The molecule has 1 N–H and O–H groups in total. The van der Waals surface area contributed by atoms with E-state index in [2.05, 4.69) is 4.98 Å². The second kappa shape index (κ2) is 8.06. The lowest BCUT2D eigenvalue weighted by molar-refractivity contribution is -0.155. The summed E-state index contributed by atoms with van der Waals surface area (Å²) in [7, 11) is 3.08. The molecule has 2 aromatic rings. The number of amides is 1. The van der Waals surface area contributed by atoms with Crippen LogP contribution in [0.3, 0.4) is 0 Å². The summed E-state index contributed by atoms with van der Waals surface area (Å²) in [6.45, 7) is 0.734. The Kier molecular flexibility index (Phi) is 5.76. The number of ether oxygens (including phenoxy) is 2. The number of carbonyl (C=O) groups is 2. The van der Waals surface area contributed by atoms with Gasteiger partial charge in [0.1, 0.15) is 21.9 Å². The molecule has 0 aliphatic carbocycles. The molecule has 3 rings (SSSR count). The molecular weight excluding hydrogens is 368 g/mol. The van der Waals surface area contributed by atoms with Crippen molar-refractivity contribution in [1.82, 2.24) is 9.88 Å². The number of rotatable bonds is 6. The quantitative estimate of drug-likeness (QED) is 0.816. The molecule has 1 fully saturated rings. The normalized spacial score (nSPS) is 19.7. The Hall–Kier alpha value is -2.45. The molecule has 0 saturated carbocycles. The van der Waals surface area contributed by atoms with E-state index in [-0.39, 0.29) is 19.1 Å². The highest BCUT2D eigenvalue weighted by Gasteiger charge is 2.44. The summed E-state index contributed by atoms with van der Waals surface area (Å²) in [4.78, 5) is 30.7. The lowest BCUT2D eigenvalue weighted by atomic mass is 9.80. The van der Waals surface area contributed by atoms with Crippen LogP contribution in [-0.4, -0.2) is 60.8 Å². The summed E-state index contributed by atoms with van der Waals surface area (Å²) in [6, 6.07) is 7.46. The van der Waals surface area contributed by atoms with Crippen LogP contribution in [0.2, 0.25) is 0 Å². The Morgan fingerprint density at radius 1 is 1.30 bits per heavy atom. The Bertz CT molecular complexity index is 816. The molecule has 27 heavy (non-hydrogen) atoms. The van der Waals surface area contributed by atoms with Crippen molar-refractivity contribution in [3.05, 3.63) is 35.3 Å². The zero-order chi connectivity index (χ0) is 19.4. The lowest BCUT2D eigenvalue weighted by Crippen LogP contribution is -2.52. The molecular formula is C19H22N2O5S. The average molecular weight is 390 g/mol. The van der Waals surface area contributed by atoms with Gasteiger partial charge in [-0.15, -0.1) is 11.3 Å². The lowest BCUT2D eigenvalue weighted by Gasteiger charge is -2.39. The van der Waals surface area contributed by atoms with Gasteiger partial charge in [-0.2, -0.15) is 0 Å². The number of carbonyl (C=O) groups excluding carboxylic acids is 1. The fourth-order valence-corrected chi connectivity index (χ4v) is 4.14. The number of hydrogen-bond donors (Lipinski definition) is 1. The summed E-state index contributed by atoms with van der Waals surface area (Å²) in [6.07, 6.45) is 1.12. The molecule has 0 bridgehead atoms. The molecule has 1 aliphatic heterocycles. The van der Waals surface area contributed by atoms with Crippen LogP contribution >= 0.6 is 11.3 Å². The van der Waals surface area contributed by atoms with Gasteiger partial charge in [0.15, 0.2) is 0 Å². The molecule has 0 radical (unpaired) electrons. The van der Waals surface area contributed by atoms with Gasteiger partial charge in [-0.1, -0.05) is 0 Å². The third-order valence-electron chi connectivity index (χ3n) is 4.80. The van der Waals surface area contributed by atoms with Crippen molar-refractivity contribution >= 4 is 23.2 Å². The van der Waals surface area contributed by atoms with Crippen molar-refractivity contribution in [2.45, 2.75) is 12.8 Å². The summed E-state index contributed by atoms with van der Waals surface area (Å²) in [5, 5.41) is 12.1. The minimum atomic E-state index is -1.06. The molecule has 1 aromatic carbocycles. The van der Waals surface area contributed by atoms with Crippen LogP contribution in [0.5, 0.6) is 5.75 Å². The average Bonchev–Trinajstić information content (AvgIpc) is 3.18. The van der Waals surface area contributed by atoms with Gasteiger partial charge >= 0.3 is 5.97 Å². The number of nitrogens with zero attached hydrogens (tertiary/aromatic N) is 2. The third-order valence-corrected chi connectivity index (χ3v) is 5.69. The Morgan fingerprint density at radius 3 is 2.67 bits per heavy atom. The number of aliphatic carboxylic acids is 1. The van der Waals surface area contributed by atoms with E-state index >= 15 is 0 Å². The van der Waals surface area contributed by atoms with Crippen LogP contribution in [-0.2, 0) is 9.53 Å². The Morgan fingerprint density at radius 2 is 2.04 bits per heavy atom. The highest BCUT2D eigenvalue weighted by molar-refractivity contribution is 7.13. The minimum Gasteiger partial charge on any atom is -0.497 e. The smallest absolute Gasteiger partial charge is 0.313 e. The summed E-state index contributed by atoms with van der Waals surface area (Å²) in [5.41, 5.74) is 0.180. The summed E-state index contributed by atoms with van der Waals surface area (Å²) < 4.78 is 10.3. The first kappa shape index (κ1) is 19.3. The van der Waals surface area contributed by atoms with Gasteiger partial charge in [0, 0.05) is 31.1 Å². The van der Waals surface area contributed by atoms with E-state index in [9.17, 15) is 14.7 Å². The van der Waals surface area contributed by atoms with Crippen LogP contribution in [0.15, 0.2) is 29.6 Å². The van der Waals surface area contributed by atoms with Gasteiger partial charge in [-0.3, -0.25) is 9.59 Å². The van der Waals surface area contributed by atoms with Gasteiger partial charge < -0.3 is 19.5 Å². The predicted octanol–water partition coefficient (Wildman–Crippen LogP) is 2.77. The third kappa shape index (κ3) is 3.96. The highest BCUT2D eigenvalue weighted by atomic mass is 32.1. The molecule has 1 saturated heterocycles. The van der Waals surface area contributed by atoms with Gasteiger partial charge in [-0.05, 0) is 37.1 Å². The maximum Gasteiger partial charge on any atom is 0.313 e. The zero-order valence-electron chi connectivity index (χ0n) is 15.3. The number of piperidine rings is 1. The number of carboxylic acids is 1. The number of methoxy groups -OCH3 is 2. The van der Waals surface area contributed by atoms with E-state index < -0.39 is 11.4 Å². The number of carboxylic acid groups (broad SMARTS) is 1. The van der Waals surface area contributed by atoms with E-state index in [0.717, 1.165) is 16.3 Å². The molecule has 2 heterocycles. The van der Waals surface area contributed by atoms with E-state index in [1.54, 1.807) is 17.4 Å². The van der Waals surface area contributed by atoms with E-state index in [1.807, 2.05) is 24.3 Å². The summed E-state index contributed by atoms with van der Waals surface area (Å²) >= 11 is 1.38. The highest BCUT2D eigenvalue weighted by Crippen LogP contribution is 2.32. The standard InChI is InChI=1S/C19H22N2O5S/c1-25-12-19(18(23)24)8-3-9-21(11-19)17(22)15-10-27-16(20-15)13-4-6-14(26-2)7-5-13/h4-7,10H,3,8-9,11-12H2,1-2H3,(H,23,24). The molecule has 1 aliphatic rings.